The highest BCUT2D eigenvalue weighted by Gasteiger charge is 2.24. The highest BCUT2D eigenvalue weighted by atomic mass is 32.2. The van der Waals surface area contributed by atoms with Gasteiger partial charge in [0.1, 0.15) is 6.04 Å². The first-order valence-electron chi connectivity index (χ1n) is 20.5. The van der Waals surface area contributed by atoms with Crippen molar-refractivity contribution in [3.05, 3.63) is 97.1 Å². The minimum Gasteiger partial charge on any atom is -0.354 e. The van der Waals surface area contributed by atoms with Crippen LogP contribution in [0.1, 0.15) is 38.5 Å². The monoisotopic (exact) mass is 853 g/mol. The summed E-state index contributed by atoms with van der Waals surface area (Å²) in [4.78, 5) is 33.3. The van der Waals surface area contributed by atoms with Crippen molar-refractivity contribution in [3.63, 3.8) is 0 Å². The van der Waals surface area contributed by atoms with Crippen molar-refractivity contribution in [1.82, 2.24) is 49.8 Å². The molecule has 0 bridgehead atoms. The van der Waals surface area contributed by atoms with Gasteiger partial charge in [-0.15, -0.1) is 22.0 Å². The highest BCUT2D eigenvalue weighted by Crippen LogP contribution is 2.29. The van der Waals surface area contributed by atoms with Crippen LogP contribution in [-0.4, -0.2) is 93.5 Å². The van der Waals surface area contributed by atoms with Crippen molar-refractivity contribution >= 4 is 72.4 Å². The van der Waals surface area contributed by atoms with Crippen molar-refractivity contribution in [2.45, 2.75) is 60.4 Å². The minimum absolute atomic E-state index is 0.00335. The van der Waals surface area contributed by atoms with E-state index in [0.717, 1.165) is 94.4 Å². The summed E-state index contributed by atoms with van der Waals surface area (Å²) >= 11 is 1.68. The minimum atomic E-state index is -2.82. The smallest absolute Gasteiger partial charge is 0.242 e. The normalized spacial score (nSPS) is 18.2. The van der Waals surface area contributed by atoms with Gasteiger partial charge in [-0.2, -0.15) is 9.03 Å². The first kappa shape index (κ1) is 40.2. The van der Waals surface area contributed by atoms with Crippen LogP contribution in [0.4, 0.5) is 11.9 Å². The van der Waals surface area contributed by atoms with Crippen LogP contribution in [0.5, 0.6) is 0 Å². The van der Waals surface area contributed by atoms with Crippen molar-refractivity contribution < 1.29 is 9.00 Å². The van der Waals surface area contributed by atoms with Crippen LogP contribution in [0.3, 0.4) is 0 Å². The van der Waals surface area contributed by atoms with Gasteiger partial charge in [0.2, 0.25) is 17.8 Å². The van der Waals surface area contributed by atoms with Gasteiger partial charge in [-0.25, -0.2) is 28.9 Å². The number of carbonyl (C=O) groups excluding carboxylic acids is 1. The Morgan fingerprint density at radius 2 is 1.33 bits per heavy atom. The second-order valence-corrected chi connectivity index (χ2v) is 18.4. The van der Waals surface area contributed by atoms with E-state index in [-0.39, 0.29) is 18.0 Å². The van der Waals surface area contributed by atoms with E-state index in [9.17, 15) is 9.00 Å². The molecule has 8 aromatic rings. The summed E-state index contributed by atoms with van der Waals surface area (Å²) < 4.78 is 23.6. The third kappa shape index (κ3) is 8.71. The summed E-state index contributed by atoms with van der Waals surface area (Å²) in [6.45, 7) is 2.64. The number of hydrogen-bond acceptors (Lipinski definition) is 13. The molecule has 2 fully saturated rings. The van der Waals surface area contributed by atoms with Crippen LogP contribution in [0.25, 0.3) is 55.9 Å². The van der Waals surface area contributed by atoms with Crippen LogP contribution < -0.4 is 21.3 Å². The van der Waals surface area contributed by atoms with Crippen molar-refractivity contribution in [2.75, 3.05) is 42.8 Å². The highest BCUT2D eigenvalue weighted by molar-refractivity contribution is 7.98. The Kier molecular flexibility index (Phi) is 11.5. The Labute approximate surface area is 357 Å². The number of benzene rings is 4. The molecule has 4 aromatic heterocycles. The predicted octanol–water partition coefficient (Wildman–Crippen LogP) is 7.28. The van der Waals surface area contributed by atoms with Gasteiger partial charge < -0.3 is 21.3 Å². The van der Waals surface area contributed by atoms with E-state index < -0.39 is 9.73 Å². The molecule has 1 unspecified atom stereocenters. The molecule has 0 spiro atoms. The van der Waals surface area contributed by atoms with Crippen LogP contribution in [-0.2, 0) is 14.5 Å². The third-order valence-electron chi connectivity index (χ3n) is 10.9. The number of fused-ring (bicyclic) bond motifs is 6. The zero-order valence-electron chi connectivity index (χ0n) is 34.0. The van der Waals surface area contributed by atoms with Crippen molar-refractivity contribution in [2.24, 2.45) is 0 Å². The lowest BCUT2D eigenvalue weighted by atomic mass is 10.1. The molecule has 2 saturated heterocycles. The van der Waals surface area contributed by atoms with Gasteiger partial charge in [0.25, 0.3) is 0 Å². The average Bonchev–Trinajstić information content (AvgIpc) is 3.79. The molecule has 4 aromatic carbocycles. The Morgan fingerprint density at radius 3 is 2.00 bits per heavy atom. The summed E-state index contributed by atoms with van der Waals surface area (Å²) in [5.41, 5.74) is 4.80. The molecule has 15 nitrogen and oxygen atoms in total. The molecule has 61 heavy (non-hydrogen) atoms. The number of anilines is 2. The summed E-state index contributed by atoms with van der Waals surface area (Å²) in [6.07, 6.45) is 9.62. The molecule has 3 atom stereocenters. The van der Waals surface area contributed by atoms with Crippen LogP contribution in [0, 0.1) is 4.78 Å². The molecule has 1 amide bonds. The summed E-state index contributed by atoms with van der Waals surface area (Å²) in [6, 6.07) is 31.0. The van der Waals surface area contributed by atoms with Gasteiger partial charge in [-0.3, -0.25) is 4.79 Å². The second kappa shape index (κ2) is 17.4. The Morgan fingerprint density at radius 1 is 0.721 bits per heavy atom. The largest absolute Gasteiger partial charge is 0.354 e. The number of carbonyl (C=O) groups is 1. The fourth-order valence-corrected chi connectivity index (χ4v) is 8.89. The number of amides is 1. The van der Waals surface area contributed by atoms with Gasteiger partial charge in [0, 0.05) is 57.1 Å². The number of aromatic nitrogens is 8. The molecule has 0 saturated carbocycles. The number of thioether (sulfide) groups is 1. The first-order chi connectivity index (χ1) is 29.7. The maximum absolute atomic E-state index is 12.5. The first-order valence-corrected chi connectivity index (χ1v) is 23.7. The number of rotatable bonds is 8. The van der Waals surface area contributed by atoms with Gasteiger partial charge in [0.05, 0.1) is 20.8 Å². The quantitative estimate of drug-likeness (QED) is 0.0962. The maximum atomic E-state index is 12.5. The number of hydrogen-bond donors (Lipinski definition) is 5. The van der Waals surface area contributed by atoms with E-state index in [4.69, 9.17) is 34.9 Å². The molecule has 2 aliphatic rings. The molecule has 6 heterocycles. The van der Waals surface area contributed by atoms with E-state index in [1.807, 2.05) is 73.0 Å². The fourth-order valence-electron chi connectivity index (χ4n) is 7.74. The molecule has 10 rings (SSSR count). The fraction of sp³-hybridized carbons (Fsp3) is 0.295. The van der Waals surface area contributed by atoms with Crippen LogP contribution in [0.15, 0.2) is 107 Å². The van der Waals surface area contributed by atoms with E-state index >= 15 is 0 Å². The number of nitrogens with zero attached hydrogens (tertiary/aromatic N) is 8. The summed E-state index contributed by atoms with van der Waals surface area (Å²) in [7, 11) is -2.82. The molecule has 312 valence electrons. The average molecular weight is 854 g/mol. The van der Waals surface area contributed by atoms with E-state index in [1.54, 1.807) is 39.0 Å². The van der Waals surface area contributed by atoms with Gasteiger partial charge in [-0.05, 0) is 93.4 Å². The zero-order chi connectivity index (χ0) is 41.9. The zero-order valence-corrected chi connectivity index (χ0v) is 35.6. The maximum Gasteiger partial charge on any atom is 0.242 e. The summed E-state index contributed by atoms with van der Waals surface area (Å²) in [5, 5.41) is 24.7. The standard InChI is InChI=1S/C22H25N7OS.C22H22N6OS/c1-31(23,30)17-9-6-7-15(13-17)20-27-21-18-10-2-3-11-19(18)26-22(29(21)28-20)25-16-8-4-5-12-24-14-16;1-30-15-8-6-7-14(13-15)19-26-20-16-9-2-3-10-17(16)24-22(28(20)27-19)25-18-11-4-5-12-23-21(18)29/h2-3,6-7,9-11,13,16,23-24H,4-5,8,12,14H2,1H3,(H,25,26);2-3,6-10,13,18H,4-5,11-12H2,1H3,(H,23,29)(H,24,25)/t16-,31?;18-/m11/s1. The molecule has 5 N–H and O–H groups in total. The SMILES string of the molecule is CS(=N)(=O)c1cccc(-c2nc3c4ccccc4nc(N[C@@H]4CCCCNC4)n3n2)c1.CSc1cccc(-c2nc3c4ccccc4nc(N[C@@H]4CCCCNC4=O)n3n2)c1. The van der Waals surface area contributed by atoms with Gasteiger partial charge in [0.15, 0.2) is 22.9 Å². The third-order valence-corrected chi connectivity index (χ3v) is 12.8. The lowest BCUT2D eigenvalue weighted by Crippen LogP contribution is -2.38. The van der Waals surface area contributed by atoms with E-state index in [1.165, 1.54) is 19.1 Å². The van der Waals surface area contributed by atoms with Crippen molar-refractivity contribution in [1.29, 1.82) is 4.78 Å². The van der Waals surface area contributed by atoms with E-state index in [0.29, 0.717) is 28.4 Å². The molecule has 0 aliphatic carbocycles. The summed E-state index contributed by atoms with van der Waals surface area (Å²) in [5.74, 6) is 2.36. The molecular formula is C44H47N13O2S2. The van der Waals surface area contributed by atoms with Crippen molar-refractivity contribution in [3.8, 4) is 22.8 Å². The van der Waals surface area contributed by atoms with E-state index in [2.05, 4.69) is 33.4 Å². The molecule has 17 heteroatoms. The lowest BCUT2D eigenvalue weighted by Gasteiger charge is -2.17. The molecule has 2 aliphatic heterocycles. The topological polar surface area (TPSA) is 192 Å². The van der Waals surface area contributed by atoms with Crippen LogP contribution >= 0.6 is 11.8 Å². The Bertz CT molecular complexity index is 3000. The van der Waals surface area contributed by atoms with Gasteiger partial charge in [-0.1, -0.05) is 55.0 Å². The molecular weight excluding hydrogens is 807 g/mol. The number of nitrogens with one attached hydrogen (secondary N) is 5. The second-order valence-electron chi connectivity index (χ2n) is 15.4. The number of para-hydroxylation sites is 2. The van der Waals surface area contributed by atoms with Crippen LogP contribution in [0.2, 0.25) is 0 Å². The Hall–Kier alpha value is -6.17. The lowest BCUT2D eigenvalue weighted by molar-refractivity contribution is -0.121. The van der Waals surface area contributed by atoms with Gasteiger partial charge >= 0.3 is 0 Å². The predicted molar refractivity (Wildman–Crippen MR) is 243 cm³/mol. The molecule has 0 radical (unpaired) electrons. The Balaban J connectivity index is 0.000000156.